The van der Waals surface area contributed by atoms with Crippen molar-refractivity contribution in [2.75, 3.05) is 0 Å². The van der Waals surface area contributed by atoms with Gasteiger partial charge in [-0.05, 0) is 43.5 Å². The summed E-state index contributed by atoms with van der Waals surface area (Å²) in [5.41, 5.74) is 4.13. The van der Waals surface area contributed by atoms with Crippen LogP contribution in [-0.4, -0.2) is 10.1 Å². The summed E-state index contributed by atoms with van der Waals surface area (Å²) in [5, 5.41) is 10.7. The van der Waals surface area contributed by atoms with Crippen molar-refractivity contribution < 1.29 is 5.11 Å². The summed E-state index contributed by atoms with van der Waals surface area (Å²) in [6, 6.07) is 6.02. The SMILES string of the molecule is CCc1cc(C)cc2nc(C)c(O)cc12. The summed E-state index contributed by atoms with van der Waals surface area (Å²) in [4.78, 5) is 4.39. The highest BCUT2D eigenvalue weighted by Crippen LogP contribution is 2.25. The quantitative estimate of drug-likeness (QED) is 0.769. The van der Waals surface area contributed by atoms with Crippen molar-refractivity contribution in [3.8, 4) is 5.75 Å². The highest BCUT2D eigenvalue weighted by molar-refractivity contribution is 5.84. The predicted molar refractivity (Wildman–Crippen MR) is 62.3 cm³/mol. The second kappa shape index (κ2) is 3.54. The third kappa shape index (κ3) is 1.67. The molecule has 0 saturated heterocycles. The van der Waals surface area contributed by atoms with E-state index in [0.717, 1.165) is 17.3 Å². The second-order valence-corrected chi connectivity index (χ2v) is 3.94. The number of benzene rings is 1. The molecule has 0 atom stereocenters. The van der Waals surface area contributed by atoms with E-state index in [0.29, 0.717) is 5.69 Å². The third-order valence-electron chi connectivity index (χ3n) is 2.71. The van der Waals surface area contributed by atoms with Crippen LogP contribution in [0.1, 0.15) is 23.7 Å². The lowest BCUT2D eigenvalue weighted by Crippen LogP contribution is -1.91. The molecule has 78 valence electrons. The van der Waals surface area contributed by atoms with Crippen molar-refractivity contribution in [2.24, 2.45) is 0 Å². The smallest absolute Gasteiger partial charge is 0.137 e. The van der Waals surface area contributed by atoms with Crippen LogP contribution in [0, 0.1) is 13.8 Å². The fourth-order valence-corrected chi connectivity index (χ4v) is 1.88. The van der Waals surface area contributed by atoms with Crippen molar-refractivity contribution >= 4 is 10.9 Å². The molecule has 0 fully saturated rings. The van der Waals surface area contributed by atoms with Crippen LogP contribution in [0.4, 0.5) is 0 Å². The first kappa shape index (κ1) is 9.97. The zero-order valence-corrected chi connectivity index (χ0v) is 9.33. The largest absolute Gasteiger partial charge is 0.506 e. The van der Waals surface area contributed by atoms with Gasteiger partial charge < -0.3 is 5.11 Å². The maximum absolute atomic E-state index is 9.64. The first-order chi connectivity index (χ1) is 7.11. The fourth-order valence-electron chi connectivity index (χ4n) is 1.88. The average Bonchev–Trinajstić information content (AvgIpc) is 2.19. The molecule has 0 amide bonds. The molecule has 1 N–H and O–H groups in total. The van der Waals surface area contributed by atoms with Gasteiger partial charge in [-0.15, -0.1) is 0 Å². The maximum atomic E-state index is 9.64. The van der Waals surface area contributed by atoms with Crippen molar-refractivity contribution in [3.63, 3.8) is 0 Å². The molecule has 0 unspecified atom stereocenters. The van der Waals surface area contributed by atoms with Crippen LogP contribution in [-0.2, 0) is 6.42 Å². The molecular formula is C13H15NO. The molecule has 1 aromatic heterocycles. The molecule has 2 rings (SSSR count). The van der Waals surface area contributed by atoms with Gasteiger partial charge in [-0.2, -0.15) is 0 Å². The van der Waals surface area contributed by atoms with E-state index in [2.05, 4.69) is 31.0 Å². The number of fused-ring (bicyclic) bond motifs is 1. The van der Waals surface area contributed by atoms with E-state index in [4.69, 9.17) is 0 Å². The molecule has 0 aliphatic carbocycles. The second-order valence-electron chi connectivity index (χ2n) is 3.94. The first-order valence-corrected chi connectivity index (χ1v) is 5.21. The number of aromatic nitrogens is 1. The third-order valence-corrected chi connectivity index (χ3v) is 2.71. The highest BCUT2D eigenvalue weighted by Gasteiger charge is 2.05. The average molecular weight is 201 g/mol. The van der Waals surface area contributed by atoms with Gasteiger partial charge in [0.2, 0.25) is 0 Å². The standard InChI is InChI=1S/C13H15NO/c1-4-10-5-8(2)6-12-11(10)7-13(15)9(3)14-12/h5-7,15H,4H2,1-3H3. The van der Waals surface area contributed by atoms with E-state index in [1.54, 1.807) is 0 Å². The Morgan fingerprint density at radius 3 is 2.60 bits per heavy atom. The topological polar surface area (TPSA) is 33.1 Å². The Bertz CT molecular complexity index is 517. The Labute approximate surface area is 89.6 Å². The first-order valence-electron chi connectivity index (χ1n) is 5.21. The Kier molecular flexibility index (Phi) is 2.35. The lowest BCUT2D eigenvalue weighted by atomic mass is 10.0. The minimum absolute atomic E-state index is 0.279. The molecular weight excluding hydrogens is 186 g/mol. The van der Waals surface area contributed by atoms with Gasteiger partial charge in [0.15, 0.2) is 0 Å². The molecule has 0 radical (unpaired) electrons. The van der Waals surface area contributed by atoms with Gasteiger partial charge in [0, 0.05) is 5.39 Å². The molecule has 0 saturated carbocycles. The summed E-state index contributed by atoms with van der Waals surface area (Å²) >= 11 is 0. The number of nitrogens with zero attached hydrogens (tertiary/aromatic N) is 1. The lowest BCUT2D eigenvalue weighted by Gasteiger charge is -2.07. The molecule has 15 heavy (non-hydrogen) atoms. The van der Waals surface area contributed by atoms with E-state index in [1.165, 1.54) is 11.1 Å². The molecule has 2 aromatic rings. The van der Waals surface area contributed by atoms with Gasteiger partial charge in [-0.1, -0.05) is 13.0 Å². The monoisotopic (exact) mass is 201 g/mol. The van der Waals surface area contributed by atoms with E-state index < -0.39 is 0 Å². The number of aryl methyl sites for hydroxylation is 3. The summed E-state index contributed by atoms with van der Waals surface area (Å²) in [6.45, 7) is 6.01. The van der Waals surface area contributed by atoms with Gasteiger partial charge in [0.25, 0.3) is 0 Å². The van der Waals surface area contributed by atoms with Crippen LogP contribution in [0.2, 0.25) is 0 Å². The van der Waals surface area contributed by atoms with Crippen LogP contribution in [0.25, 0.3) is 10.9 Å². The van der Waals surface area contributed by atoms with E-state index >= 15 is 0 Å². The van der Waals surface area contributed by atoms with Gasteiger partial charge in [-0.3, -0.25) is 0 Å². The van der Waals surface area contributed by atoms with Crippen LogP contribution < -0.4 is 0 Å². The van der Waals surface area contributed by atoms with E-state index in [1.807, 2.05) is 13.0 Å². The minimum Gasteiger partial charge on any atom is -0.506 e. The van der Waals surface area contributed by atoms with Crippen LogP contribution in [0.3, 0.4) is 0 Å². The number of hydrogen-bond donors (Lipinski definition) is 1. The van der Waals surface area contributed by atoms with Gasteiger partial charge >= 0.3 is 0 Å². The van der Waals surface area contributed by atoms with Crippen LogP contribution in [0.15, 0.2) is 18.2 Å². The van der Waals surface area contributed by atoms with Crippen molar-refractivity contribution in [3.05, 3.63) is 35.0 Å². The Balaban J connectivity index is 2.84. The van der Waals surface area contributed by atoms with Gasteiger partial charge in [0.1, 0.15) is 5.75 Å². The molecule has 2 nitrogen and oxygen atoms in total. The number of aromatic hydroxyl groups is 1. The van der Waals surface area contributed by atoms with Crippen LogP contribution in [0.5, 0.6) is 5.75 Å². The molecule has 2 heteroatoms. The van der Waals surface area contributed by atoms with E-state index in [-0.39, 0.29) is 5.75 Å². The summed E-state index contributed by atoms with van der Waals surface area (Å²) < 4.78 is 0. The maximum Gasteiger partial charge on any atom is 0.137 e. The highest BCUT2D eigenvalue weighted by atomic mass is 16.3. The minimum atomic E-state index is 0.279. The Morgan fingerprint density at radius 2 is 1.93 bits per heavy atom. The number of pyridine rings is 1. The normalized spacial score (nSPS) is 10.9. The number of rotatable bonds is 1. The van der Waals surface area contributed by atoms with Crippen molar-refractivity contribution in [1.29, 1.82) is 0 Å². The molecule has 1 heterocycles. The Hall–Kier alpha value is -1.57. The molecule has 0 aliphatic heterocycles. The van der Waals surface area contributed by atoms with Crippen molar-refractivity contribution in [2.45, 2.75) is 27.2 Å². The zero-order chi connectivity index (χ0) is 11.0. The van der Waals surface area contributed by atoms with Crippen molar-refractivity contribution in [1.82, 2.24) is 4.98 Å². The van der Waals surface area contributed by atoms with Gasteiger partial charge in [0.05, 0.1) is 11.2 Å². The molecule has 1 aromatic carbocycles. The summed E-state index contributed by atoms with van der Waals surface area (Å²) in [6.07, 6.45) is 0.961. The summed E-state index contributed by atoms with van der Waals surface area (Å²) in [5.74, 6) is 0.279. The predicted octanol–water partition coefficient (Wildman–Crippen LogP) is 3.12. The Morgan fingerprint density at radius 1 is 1.20 bits per heavy atom. The van der Waals surface area contributed by atoms with E-state index in [9.17, 15) is 5.11 Å². The molecule has 0 aliphatic rings. The molecule has 0 bridgehead atoms. The lowest BCUT2D eigenvalue weighted by molar-refractivity contribution is 0.469. The number of hydrogen-bond acceptors (Lipinski definition) is 2. The summed E-state index contributed by atoms with van der Waals surface area (Å²) in [7, 11) is 0. The fraction of sp³-hybridized carbons (Fsp3) is 0.308. The van der Waals surface area contributed by atoms with Gasteiger partial charge in [-0.25, -0.2) is 4.98 Å². The van der Waals surface area contributed by atoms with Crippen LogP contribution >= 0.6 is 0 Å². The zero-order valence-electron chi connectivity index (χ0n) is 9.33. The molecule has 0 spiro atoms.